The minimum absolute atomic E-state index is 0.0576. The van der Waals surface area contributed by atoms with Crippen LogP contribution in [0.4, 0.5) is 5.69 Å². The first-order chi connectivity index (χ1) is 16.0. The van der Waals surface area contributed by atoms with Crippen LogP contribution in [0.25, 0.3) is 11.1 Å². The van der Waals surface area contributed by atoms with E-state index in [1.165, 1.54) is 5.56 Å². The third-order valence-electron chi connectivity index (χ3n) is 5.90. The summed E-state index contributed by atoms with van der Waals surface area (Å²) in [6, 6.07) is 22.8. The van der Waals surface area contributed by atoms with Crippen LogP contribution in [0.5, 0.6) is 0 Å². The van der Waals surface area contributed by atoms with Crippen LogP contribution in [0.1, 0.15) is 61.5 Å². The van der Waals surface area contributed by atoms with E-state index in [4.69, 9.17) is 0 Å². The highest BCUT2D eigenvalue weighted by Crippen LogP contribution is 2.26. The summed E-state index contributed by atoms with van der Waals surface area (Å²) in [5, 5.41) is 12.2. The Bertz CT molecular complexity index is 1160. The highest BCUT2D eigenvalue weighted by molar-refractivity contribution is 5.99. The van der Waals surface area contributed by atoms with Gasteiger partial charge in [-0.1, -0.05) is 74.5 Å². The molecule has 0 spiro atoms. The van der Waals surface area contributed by atoms with Gasteiger partial charge in [-0.2, -0.15) is 0 Å². The highest BCUT2D eigenvalue weighted by atomic mass is 16.4. The molecule has 0 aliphatic heterocycles. The number of carbonyl (C=O) groups is 3. The Kier molecular flexibility index (Phi) is 7.67. The van der Waals surface area contributed by atoms with Crippen molar-refractivity contribution in [3.8, 4) is 11.1 Å². The molecule has 0 radical (unpaired) electrons. The smallest absolute Gasteiger partial charge is 0.309 e. The number of carbonyl (C=O) groups excluding carboxylic acids is 2. The predicted octanol–water partition coefficient (Wildman–Crippen LogP) is 6.34. The normalized spacial score (nSPS) is 11.3. The average molecular weight is 458 g/mol. The van der Waals surface area contributed by atoms with Gasteiger partial charge in [-0.3, -0.25) is 14.4 Å². The maximum Gasteiger partial charge on any atom is 0.309 e. The Balaban J connectivity index is 1.60. The van der Waals surface area contributed by atoms with Crippen molar-refractivity contribution in [3.05, 3.63) is 89.5 Å². The number of ketones is 1. The lowest BCUT2D eigenvalue weighted by Crippen LogP contribution is -2.26. The Hall–Kier alpha value is -3.73. The summed E-state index contributed by atoms with van der Waals surface area (Å²) in [6.07, 6.45) is 0.256. The number of hydrogen-bond acceptors (Lipinski definition) is 3. The van der Waals surface area contributed by atoms with Crippen molar-refractivity contribution in [2.45, 2.75) is 46.5 Å². The number of aliphatic carboxylic acids is 1. The Morgan fingerprint density at radius 3 is 1.85 bits per heavy atom. The van der Waals surface area contributed by atoms with Crippen molar-refractivity contribution in [1.82, 2.24) is 0 Å². The summed E-state index contributed by atoms with van der Waals surface area (Å²) in [5.41, 5.74) is 4.21. The van der Waals surface area contributed by atoms with Gasteiger partial charge in [-0.15, -0.1) is 0 Å². The van der Waals surface area contributed by atoms with E-state index in [-0.39, 0.29) is 18.1 Å². The molecular formula is C29H31NO4. The summed E-state index contributed by atoms with van der Waals surface area (Å²) in [6.45, 7) is 7.37. The second-order valence-electron chi connectivity index (χ2n) is 9.56. The molecule has 5 heteroatoms. The lowest BCUT2D eigenvalue weighted by molar-refractivity contribution is -0.146. The Morgan fingerprint density at radius 2 is 1.35 bits per heavy atom. The average Bonchev–Trinajstić information content (AvgIpc) is 2.79. The number of carboxylic acid groups (broad SMARTS) is 1. The molecule has 176 valence electrons. The molecule has 0 aliphatic rings. The molecule has 0 aliphatic carbocycles. The van der Waals surface area contributed by atoms with E-state index in [0.29, 0.717) is 17.9 Å². The number of anilines is 1. The van der Waals surface area contributed by atoms with E-state index in [1.807, 2.05) is 48.5 Å². The van der Waals surface area contributed by atoms with E-state index < -0.39 is 11.4 Å². The molecule has 34 heavy (non-hydrogen) atoms. The number of amides is 1. The zero-order valence-electron chi connectivity index (χ0n) is 20.1. The van der Waals surface area contributed by atoms with E-state index in [9.17, 15) is 19.5 Å². The molecule has 0 heterocycles. The number of carboxylic acids is 1. The largest absolute Gasteiger partial charge is 0.481 e. The standard InChI is InChI=1S/C29H31NO4/c1-19(2)21-7-5-20(6-8-21)17-27(32)30-25-15-13-23(14-16-25)22-9-11-24(12-10-22)26(31)18-29(3,4)28(33)34/h5-16,19H,17-18H2,1-4H3,(H,30,32)(H,33,34). The first-order valence-electron chi connectivity index (χ1n) is 11.4. The van der Waals surface area contributed by atoms with Crippen molar-refractivity contribution in [1.29, 1.82) is 0 Å². The monoisotopic (exact) mass is 457 g/mol. The number of nitrogens with one attached hydrogen (secondary N) is 1. The predicted molar refractivity (Wildman–Crippen MR) is 135 cm³/mol. The topological polar surface area (TPSA) is 83.5 Å². The van der Waals surface area contributed by atoms with Crippen LogP contribution in [0.3, 0.4) is 0 Å². The fourth-order valence-corrected chi connectivity index (χ4v) is 3.58. The second kappa shape index (κ2) is 10.5. The van der Waals surface area contributed by atoms with Crippen LogP contribution >= 0.6 is 0 Å². The van der Waals surface area contributed by atoms with E-state index in [1.54, 1.807) is 26.0 Å². The van der Waals surface area contributed by atoms with E-state index >= 15 is 0 Å². The van der Waals surface area contributed by atoms with E-state index in [0.717, 1.165) is 22.4 Å². The van der Waals surface area contributed by atoms with Gasteiger partial charge in [0.15, 0.2) is 5.78 Å². The molecule has 0 fully saturated rings. The summed E-state index contributed by atoms with van der Waals surface area (Å²) in [5.74, 6) is -0.802. The second-order valence-corrected chi connectivity index (χ2v) is 9.56. The van der Waals surface area contributed by atoms with Gasteiger partial charge in [0.25, 0.3) is 0 Å². The molecule has 0 saturated heterocycles. The van der Waals surface area contributed by atoms with Gasteiger partial charge in [0.05, 0.1) is 11.8 Å². The number of hydrogen-bond donors (Lipinski definition) is 2. The third kappa shape index (κ3) is 6.41. The van der Waals surface area contributed by atoms with Crippen LogP contribution < -0.4 is 5.32 Å². The SMILES string of the molecule is CC(C)c1ccc(CC(=O)Nc2ccc(-c3ccc(C(=O)CC(C)(C)C(=O)O)cc3)cc2)cc1. The molecule has 0 atom stereocenters. The first kappa shape index (κ1) is 24.9. The quantitative estimate of drug-likeness (QED) is 0.367. The molecule has 1 amide bonds. The molecule has 3 aromatic carbocycles. The van der Waals surface area contributed by atoms with Crippen molar-refractivity contribution < 1.29 is 19.5 Å². The van der Waals surface area contributed by atoms with Crippen molar-refractivity contribution >= 4 is 23.3 Å². The van der Waals surface area contributed by atoms with Gasteiger partial charge >= 0.3 is 5.97 Å². The van der Waals surface area contributed by atoms with Crippen LogP contribution in [0.15, 0.2) is 72.8 Å². The van der Waals surface area contributed by atoms with Crippen molar-refractivity contribution in [3.63, 3.8) is 0 Å². The maximum atomic E-state index is 12.4. The van der Waals surface area contributed by atoms with Crippen LogP contribution in [0, 0.1) is 5.41 Å². The molecule has 0 saturated carbocycles. The minimum atomic E-state index is -1.10. The first-order valence-corrected chi connectivity index (χ1v) is 11.4. The van der Waals surface area contributed by atoms with Crippen molar-refractivity contribution in [2.75, 3.05) is 5.32 Å². The molecule has 0 unspecified atom stereocenters. The van der Waals surface area contributed by atoms with Crippen molar-refractivity contribution in [2.24, 2.45) is 5.41 Å². The number of benzene rings is 3. The summed E-state index contributed by atoms with van der Waals surface area (Å²) in [4.78, 5) is 36.1. The number of rotatable bonds is 9. The lowest BCUT2D eigenvalue weighted by atomic mass is 9.85. The molecular weight excluding hydrogens is 426 g/mol. The minimum Gasteiger partial charge on any atom is -0.481 e. The Labute approximate surface area is 200 Å². The van der Waals surface area contributed by atoms with Crippen LogP contribution in [-0.2, 0) is 16.0 Å². The third-order valence-corrected chi connectivity index (χ3v) is 5.90. The van der Waals surface area contributed by atoms with Gasteiger partial charge in [-0.25, -0.2) is 0 Å². The maximum absolute atomic E-state index is 12.4. The van der Waals surface area contributed by atoms with E-state index in [2.05, 4.69) is 31.3 Å². The highest BCUT2D eigenvalue weighted by Gasteiger charge is 2.30. The molecule has 5 nitrogen and oxygen atoms in total. The molecule has 2 N–H and O–H groups in total. The molecule has 3 aromatic rings. The van der Waals surface area contributed by atoms with Gasteiger partial charge < -0.3 is 10.4 Å². The fourth-order valence-electron chi connectivity index (χ4n) is 3.58. The van der Waals surface area contributed by atoms with Gasteiger partial charge in [-0.05, 0) is 54.2 Å². The van der Waals surface area contributed by atoms with Crippen LogP contribution in [-0.4, -0.2) is 22.8 Å². The van der Waals surface area contributed by atoms with Gasteiger partial charge in [0.1, 0.15) is 0 Å². The zero-order valence-corrected chi connectivity index (χ0v) is 20.1. The van der Waals surface area contributed by atoms with Gasteiger partial charge in [0, 0.05) is 17.7 Å². The molecule has 3 rings (SSSR count). The summed E-state index contributed by atoms with van der Waals surface area (Å²) < 4.78 is 0. The molecule has 0 bridgehead atoms. The molecule has 0 aromatic heterocycles. The summed E-state index contributed by atoms with van der Waals surface area (Å²) >= 11 is 0. The van der Waals surface area contributed by atoms with Gasteiger partial charge in [0.2, 0.25) is 5.91 Å². The summed E-state index contributed by atoms with van der Waals surface area (Å²) in [7, 11) is 0. The fraction of sp³-hybridized carbons (Fsp3) is 0.276. The zero-order chi connectivity index (χ0) is 24.9. The lowest BCUT2D eigenvalue weighted by Gasteiger charge is -2.17. The number of Topliss-reactive ketones (excluding diaryl/α,β-unsaturated/α-hetero) is 1. The van der Waals surface area contributed by atoms with Crippen LogP contribution in [0.2, 0.25) is 0 Å². The Morgan fingerprint density at radius 1 is 0.824 bits per heavy atom.